The SMILES string of the molecule is Nc1ncnc2c1c(-c1cccc(O)c1)nn2Cc1cc2ccccc2nc1-c1cccnc1. The van der Waals surface area contributed by atoms with Crippen molar-refractivity contribution in [3.63, 3.8) is 0 Å². The molecule has 0 unspecified atom stereocenters. The van der Waals surface area contributed by atoms with Crippen molar-refractivity contribution in [2.45, 2.75) is 6.54 Å². The predicted octanol–water partition coefficient (Wildman–Crippen LogP) is 4.44. The molecule has 8 nitrogen and oxygen atoms in total. The van der Waals surface area contributed by atoms with E-state index in [9.17, 15) is 5.11 Å². The van der Waals surface area contributed by atoms with Gasteiger partial charge in [0.15, 0.2) is 5.65 Å². The summed E-state index contributed by atoms with van der Waals surface area (Å²) < 4.78 is 1.80. The Morgan fingerprint density at radius 1 is 0.882 bits per heavy atom. The Morgan fingerprint density at radius 2 is 1.76 bits per heavy atom. The Bertz CT molecular complexity index is 1660. The summed E-state index contributed by atoms with van der Waals surface area (Å²) in [5, 5.41) is 16.5. The third kappa shape index (κ3) is 3.38. The number of para-hydroxylation sites is 1. The molecule has 0 amide bonds. The summed E-state index contributed by atoms with van der Waals surface area (Å²) in [6.45, 7) is 0.411. The van der Waals surface area contributed by atoms with Gasteiger partial charge in [-0.25, -0.2) is 19.6 Å². The van der Waals surface area contributed by atoms with Crippen LogP contribution in [0.3, 0.4) is 0 Å². The molecule has 0 saturated carbocycles. The molecule has 3 N–H and O–H groups in total. The van der Waals surface area contributed by atoms with E-state index in [4.69, 9.17) is 15.8 Å². The molecule has 6 aromatic rings. The number of aromatic hydroxyl groups is 1. The highest BCUT2D eigenvalue weighted by Crippen LogP contribution is 2.33. The van der Waals surface area contributed by atoms with Crippen LogP contribution in [-0.2, 0) is 6.54 Å². The van der Waals surface area contributed by atoms with Crippen LogP contribution in [0.2, 0.25) is 0 Å². The van der Waals surface area contributed by atoms with Crippen LogP contribution in [0.4, 0.5) is 5.82 Å². The van der Waals surface area contributed by atoms with E-state index in [2.05, 4.69) is 21.0 Å². The van der Waals surface area contributed by atoms with Gasteiger partial charge in [0.25, 0.3) is 0 Å². The molecule has 0 radical (unpaired) electrons. The van der Waals surface area contributed by atoms with E-state index in [0.29, 0.717) is 29.1 Å². The first-order chi connectivity index (χ1) is 16.7. The van der Waals surface area contributed by atoms with Crippen LogP contribution in [0.15, 0.2) is 85.5 Å². The summed E-state index contributed by atoms with van der Waals surface area (Å²) in [5.74, 6) is 0.479. The lowest BCUT2D eigenvalue weighted by Gasteiger charge is -2.11. The highest BCUT2D eigenvalue weighted by molar-refractivity contribution is 5.98. The smallest absolute Gasteiger partial charge is 0.164 e. The summed E-state index contributed by atoms with van der Waals surface area (Å²) in [6, 6.07) is 20.9. The molecular weight excluding hydrogens is 426 g/mol. The molecule has 4 heterocycles. The molecule has 0 aliphatic rings. The van der Waals surface area contributed by atoms with Crippen molar-refractivity contribution in [2.75, 3.05) is 5.73 Å². The Balaban J connectivity index is 1.56. The lowest BCUT2D eigenvalue weighted by Crippen LogP contribution is -2.06. The number of fused-ring (bicyclic) bond motifs is 2. The molecule has 8 heteroatoms. The van der Waals surface area contributed by atoms with Gasteiger partial charge in [-0.3, -0.25) is 4.98 Å². The van der Waals surface area contributed by atoms with Crippen molar-refractivity contribution < 1.29 is 5.11 Å². The molecule has 164 valence electrons. The molecule has 4 aromatic heterocycles. The predicted molar refractivity (Wildman–Crippen MR) is 131 cm³/mol. The van der Waals surface area contributed by atoms with Gasteiger partial charge in [-0.15, -0.1) is 0 Å². The topological polar surface area (TPSA) is 116 Å². The van der Waals surface area contributed by atoms with Crippen LogP contribution in [0, 0.1) is 0 Å². The Kier molecular flexibility index (Phi) is 4.62. The van der Waals surface area contributed by atoms with E-state index in [-0.39, 0.29) is 5.75 Å². The van der Waals surface area contributed by atoms with Crippen molar-refractivity contribution in [2.24, 2.45) is 0 Å². The number of phenolic OH excluding ortho intramolecular Hbond substituents is 1. The number of nitrogens with zero attached hydrogens (tertiary/aromatic N) is 6. The second-order valence-electron chi connectivity index (χ2n) is 7.94. The molecule has 0 aliphatic carbocycles. The van der Waals surface area contributed by atoms with Gasteiger partial charge >= 0.3 is 0 Å². The fraction of sp³-hybridized carbons (Fsp3) is 0.0385. The van der Waals surface area contributed by atoms with E-state index in [0.717, 1.165) is 33.3 Å². The lowest BCUT2D eigenvalue weighted by molar-refractivity contribution is 0.475. The molecule has 34 heavy (non-hydrogen) atoms. The lowest BCUT2D eigenvalue weighted by atomic mass is 10.0. The van der Waals surface area contributed by atoms with Gasteiger partial charge in [0.05, 0.1) is 23.1 Å². The van der Waals surface area contributed by atoms with Gasteiger partial charge in [-0.2, -0.15) is 5.10 Å². The zero-order valence-corrected chi connectivity index (χ0v) is 18.0. The Hall–Kier alpha value is -4.85. The highest BCUT2D eigenvalue weighted by Gasteiger charge is 2.19. The Morgan fingerprint density at radius 3 is 2.62 bits per heavy atom. The van der Waals surface area contributed by atoms with Crippen LogP contribution in [0.5, 0.6) is 5.75 Å². The number of aromatic nitrogens is 6. The Labute approximate surface area is 194 Å². The maximum absolute atomic E-state index is 10.0. The van der Waals surface area contributed by atoms with Crippen LogP contribution in [0.25, 0.3) is 44.5 Å². The van der Waals surface area contributed by atoms with E-state index < -0.39 is 0 Å². The largest absolute Gasteiger partial charge is 0.508 e. The molecule has 0 spiro atoms. The third-order valence-corrected chi connectivity index (χ3v) is 5.74. The number of nitrogens with two attached hydrogens (primary N) is 1. The average Bonchev–Trinajstić information content (AvgIpc) is 3.24. The minimum atomic E-state index is 0.146. The van der Waals surface area contributed by atoms with E-state index in [1.54, 1.807) is 35.3 Å². The number of pyridine rings is 2. The number of anilines is 1. The van der Waals surface area contributed by atoms with Crippen molar-refractivity contribution >= 4 is 27.8 Å². The zero-order chi connectivity index (χ0) is 23.1. The molecule has 0 bridgehead atoms. The number of nitrogen functional groups attached to an aromatic ring is 1. The number of rotatable bonds is 4. The van der Waals surface area contributed by atoms with Gasteiger partial charge in [0.2, 0.25) is 0 Å². The molecule has 0 aliphatic heterocycles. The summed E-state index contributed by atoms with van der Waals surface area (Å²) in [4.78, 5) is 17.9. The molecule has 0 saturated heterocycles. The van der Waals surface area contributed by atoms with Crippen molar-refractivity contribution in [1.82, 2.24) is 29.7 Å². The second-order valence-corrected chi connectivity index (χ2v) is 7.94. The van der Waals surface area contributed by atoms with Gasteiger partial charge in [-0.05, 0) is 36.4 Å². The normalized spacial score (nSPS) is 11.3. The first kappa shape index (κ1) is 19.8. The first-order valence-electron chi connectivity index (χ1n) is 10.7. The molecule has 2 aromatic carbocycles. The van der Waals surface area contributed by atoms with Gasteiger partial charge < -0.3 is 10.8 Å². The standard InChI is InChI=1S/C26H19N7O/c27-25-22-24(17-6-3-8-20(34)12-17)32-33(26(22)30-15-29-25)14-19-11-16-5-1-2-9-21(16)31-23(19)18-7-4-10-28-13-18/h1-13,15,34H,14H2,(H2,27,29,30). The van der Waals surface area contributed by atoms with Crippen LogP contribution < -0.4 is 5.73 Å². The summed E-state index contributed by atoms with van der Waals surface area (Å²) in [7, 11) is 0. The fourth-order valence-corrected chi connectivity index (χ4v) is 4.19. The number of benzene rings is 2. The minimum Gasteiger partial charge on any atom is -0.508 e. The van der Waals surface area contributed by atoms with E-state index >= 15 is 0 Å². The number of phenols is 1. The van der Waals surface area contributed by atoms with Crippen LogP contribution >= 0.6 is 0 Å². The van der Waals surface area contributed by atoms with E-state index in [1.165, 1.54) is 6.33 Å². The molecule has 6 rings (SSSR count). The van der Waals surface area contributed by atoms with E-state index in [1.807, 2.05) is 42.5 Å². The fourth-order valence-electron chi connectivity index (χ4n) is 4.19. The van der Waals surface area contributed by atoms with Crippen LogP contribution in [0.1, 0.15) is 5.56 Å². The monoisotopic (exact) mass is 445 g/mol. The van der Waals surface area contributed by atoms with Crippen LogP contribution in [-0.4, -0.2) is 34.8 Å². The zero-order valence-electron chi connectivity index (χ0n) is 18.0. The maximum atomic E-state index is 10.0. The number of hydrogen-bond donors (Lipinski definition) is 2. The van der Waals surface area contributed by atoms with Crippen molar-refractivity contribution in [3.8, 4) is 28.3 Å². The minimum absolute atomic E-state index is 0.146. The maximum Gasteiger partial charge on any atom is 0.164 e. The molecule has 0 fully saturated rings. The first-order valence-corrected chi connectivity index (χ1v) is 10.7. The second kappa shape index (κ2) is 7.93. The quantitative estimate of drug-likeness (QED) is 0.412. The average molecular weight is 445 g/mol. The third-order valence-electron chi connectivity index (χ3n) is 5.74. The van der Waals surface area contributed by atoms with Crippen molar-refractivity contribution in [3.05, 3.63) is 91.0 Å². The summed E-state index contributed by atoms with van der Waals surface area (Å²) in [6.07, 6.45) is 4.98. The van der Waals surface area contributed by atoms with Gasteiger partial charge in [-0.1, -0.05) is 30.3 Å². The molecular formula is C26H19N7O. The highest BCUT2D eigenvalue weighted by atomic mass is 16.3. The van der Waals surface area contributed by atoms with Gasteiger partial charge in [0, 0.05) is 34.5 Å². The summed E-state index contributed by atoms with van der Waals surface area (Å²) in [5.41, 5.74) is 11.8. The van der Waals surface area contributed by atoms with Crippen molar-refractivity contribution in [1.29, 1.82) is 0 Å². The molecule has 0 atom stereocenters. The van der Waals surface area contributed by atoms with Gasteiger partial charge in [0.1, 0.15) is 23.6 Å². The summed E-state index contributed by atoms with van der Waals surface area (Å²) >= 11 is 0. The number of hydrogen-bond acceptors (Lipinski definition) is 7.